The molecule has 0 aromatic carbocycles. The van der Waals surface area contributed by atoms with Crippen molar-refractivity contribution in [1.82, 2.24) is 10.2 Å². The Kier molecular flexibility index (Phi) is 6.23. The number of amides is 1. The molecule has 1 aliphatic rings. The van der Waals surface area contributed by atoms with E-state index in [2.05, 4.69) is 10.2 Å². The van der Waals surface area contributed by atoms with Gasteiger partial charge in [-0.15, -0.1) is 0 Å². The topological polar surface area (TPSA) is 67.6 Å². The van der Waals surface area contributed by atoms with E-state index in [-0.39, 0.29) is 11.3 Å². The van der Waals surface area contributed by atoms with Gasteiger partial charge >= 0.3 is 0 Å². The summed E-state index contributed by atoms with van der Waals surface area (Å²) in [7, 11) is 1.72. The van der Waals surface area contributed by atoms with Crippen molar-refractivity contribution in [3.63, 3.8) is 0 Å². The van der Waals surface area contributed by atoms with E-state index in [1.165, 1.54) is 6.42 Å². The van der Waals surface area contributed by atoms with Crippen molar-refractivity contribution in [2.45, 2.75) is 45.7 Å². The van der Waals surface area contributed by atoms with Gasteiger partial charge in [-0.05, 0) is 24.8 Å². The van der Waals surface area contributed by atoms with E-state index >= 15 is 0 Å². The number of hydrogen-bond acceptors (Lipinski definition) is 4. The van der Waals surface area contributed by atoms with Gasteiger partial charge < -0.3 is 15.8 Å². The summed E-state index contributed by atoms with van der Waals surface area (Å²) in [4.78, 5) is 14.4. The van der Waals surface area contributed by atoms with Gasteiger partial charge in [0.2, 0.25) is 5.91 Å². The molecule has 5 nitrogen and oxygen atoms in total. The number of rotatable bonds is 6. The van der Waals surface area contributed by atoms with E-state index < -0.39 is 6.04 Å². The molecular formula is C14H29N3O2. The van der Waals surface area contributed by atoms with E-state index in [0.717, 1.165) is 26.1 Å². The maximum atomic E-state index is 12.0. The van der Waals surface area contributed by atoms with Crippen LogP contribution >= 0.6 is 0 Å². The Labute approximate surface area is 116 Å². The Bertz CT molecular complexity index is 289. The smallest absolute Gasteiger partial charge is 0.237 e. The number of carbonyl (C=O) groups excluding carboxylic acids is 1. The van der Waals surface area contributed by atoms with Crippen molar-refractivity contribution >= 4 is 5.91 Å². The third-order valence-electron chi connectivity index (χ3n) is 3.81. The van der Waals surface area contributed by atoms with Crippen LogP contribution in [-0.4, -0.2) is 56.2 Å². The molecule has 0 saturated carbocycles. The summed E-state index contributed by atoms with van der Waals surface area (Å²) in [6, 6.07) is -0.0346. The van der Waals surface area contributed by atoms with Gasteiger partial charge in [-0.3, -0.25) is 9.69 Å². The van der Waals surface area contributed by atoms with Crippen LogP contribution in [0.3, 0.4) is 0 Å². The fourth-order valence-corrected chi connectivity index (χ4v) is 2.35. The van der Waals surface area contributed by atoms with Crippen molar-refractivity contribution in [2.75, 3.05) is 33.4 Å². The molecule has 0 radical (unpaired) electrons. The molecule has 0 aromatic rings. The van der Waals surface area contributed by atoms with Crippen LogP contribution < -0.4 is 11.1 Å². The first-order valence-corrected chi connectivity index (χ1v) is 7.12. The normalized spacial score (nSPS) is 22.5. The quantitative estimate of drug-likeness (QED) is 0.742. The number of nitrogens with two attached hydrogens (primary N) is 1. The van der Waals surface area contributed by atoms with Gasteiger partial charge in [0.25, 0.3) is 0 Å². The largest absolute Gasteiger partial charge is 0.383 e. The van der Waals surface area contributed by atoms with E-state index in [9.17, 15) is 4.79 Å². The number of methoxy groups -OCH3 is 1. The molecule has 0 aromatic heterocycles. The van der Waals surface area contributed by atoms with Gasteiger partial charge in [-0.1, -0.05) is 20.8 Å². The Morgan fingerprint density at radius 1 is 1.53 bits per heavy atom. The minimum Gasteiger partial charge on any atom is -0.383 e. The lowest BCUT2D eigenvalue weighted by Crippen LogP contribution is -2.51. The molecular weight excluding hydrogens is 242 g/mol. The molecule has 1 amide bonds. The highest BCUT2D eigenvalue weighted by Crippen LogP contribution is 2.18. The van der Waals surface area contributed by atoms with Crippen molar-refractivity contribution in [3.8, 4) is 0 Å². The fraction of sp³-hybridized carbons (Fsp3) is 0.929. The second-order valence-electron chi connectivity index (χ2n) is 6.41. The van der Waals surface area contributed by atoms with Crippen molar-refractivity contribution in [1.29, 1.82) is 0 Å². The fourth-order valence-electron chi connectivity index (χ4n) is 2.35. The molecule has 1 aliphatic heterocycles. The molecule has 1 unspecified atom stereocenters. The third kappa shape index (κ3) is 5.09. The highest BCUT2D eigenvalue weighted by molar-refractivity contribution is 5.82. The maximum Gasteiger partial charge on any atom is 0.237 e. The zero-order valence-electron chi connectivity index (χ0n) is 12.7. The molecule has 3 N–H and O–H groups in total. The van der Waals surface area contributed by atoms with Crippen LogP contribution in [0.2, 0.25) is 0 Å². The zero-order chi connectivity index (χ0) is 14.5. The molecule has 0 bridgehead atoms. The molecule has 0 spiro atoms. The molecule has 1 saturated heterocycles. The summed E-state index contributed by atoms with van der Waals surface area (Å²) in [5, 5.41) is 2.99. The number of nitrogens with one attached hydrogen (secondary N) is 1. The van der Waals surface area contributed by atoms with Crippen LogP contribution in [0.25, 0.3) is 0 Å². The average Bonchev–Trinajstić information content (AvgIpc) is 2.78. The predicted octanol–water partition coefficient (Wildman–Crippen LogP) is 0.587. The highest BCUT2D eigenvalue weighted by Gasteiger charge is 2.29. The summed E-state index contributed by atoms with van der Waals surface area (Å²) >= 11 is 0. The number of hydrogen-bond donors (Lipinski definition) is 2. The van der Waals surface area contributed by atoms with Gasteiger partial charge in [-0.25, -0.2) is 0 Å². The summed E-state index contributed by atoms with van der Waals surface area (Å²) in [5.41, 5.74) is 5.75. The monoisotopic (exact) mass is 271 g/mol. The van der Waals surface area contributed by atoms with Gasteiger partial charge in [-0.2, -0.15) is 0 Å². The Hall–Kier alpha value is -0.650. The molecule has 1 rings (SSSR count). The van der Waals surface area contributed by atoms with Crippen LogP contribution in [-0.2, 0) is 9.53 Å². The van der Waals surface area contributed by atoms with E-state index in [1.807, 2.05) is 20.8 Å². The number of carbonyl (C=O) groups is 1. The van der Waals surface area contributed by atoms with Crippen molar-refractivity contribution in [3.05, 3.63) is 0 Å². The number of likely N-dealkylation sites (tertiary alicyclic amines) is 1. The minimum atomic E-state index is -0.457. The van der Waals surface area contributed by atoms with E-state index in [1.54, 1.807) is 7.11 Å². The highest BCUT2D eigenvalue weighted by atomic mass is 16.5. The van der Waals surface area contributed by atoms with Gasteiger partial charge in [0.1, 0.15) is 0 Å². The Balaban J connectivity index is 2.37. The summed E-state index contributed by atoms with van der Waals surface area (Å²) in [6.07, 6.45) is 2.32. The molecule has 5 heteroatoms. The second-order valence-corrected chi connectivity index (χ2v) is 6.41. The summed E-state index contributed by atoms with van der Waals surface area (Å²) in [6.45, 7) is 9.41. The molecule has 19 heavy (non-hydrogen) atoms. The standard InChI is InChI=1S/C14H29N3O2/c1-14(2,3)12(15)13(18)16-10-11-6-5-7-17(11)8-9-19-4/h11-12H,5-10,15H2,1-4H3,(H,16,18)/t11?,12-/m1/s1. The lowest BCUT2D eigenvalue weighted by molar-refractivity contribution is -0.124. The molecule has 1 fully saturated rings. The molecule has 1 heterocycles. The number of nitrogens with zero attached hydrogens (tertiary/aromatic N) is 1. The molecule has 112 valence electrons. The van der Waals surface area contributed by atoms with Gasteiger partial charge in [0, 0.05) is 26.2 Å². The van der Waals surface area contributed by atoms with Gasteiger partial charge in [0.05, 0.1) is 12.6 Å². The van der Waals surface area contributed by atoms with E-state index in [4.69, 9.17) is 10.5 Å². The zero-order valence-corrected chi connectivity index (χ0v) is 12.7. The number of ether oxygens (including phenoxy) is 1. The van der Waals surface area contributed by atoms with Gasteiger partial charge in [0.15, 0.2) is 0 Å². The first kappa shape index (κ1) is 16.4. The second kappa shape index (κ2) is 7.22. The van der Waals surface area contributed by atoms with Crippen LogP contribution in [0.4, 0.5) is 0 Å². The first-order chi connectivity index (χ1) is 8.86. The molecule has 2 atom stereocenters. The average molecular weight is 271 g/mol. The molecule has 0 aliphatic carbocycles. The first-order valence-electron chi connectivity index (χ1n) is 7.12. The Morgan fingerprint density at radius 2 is 2.21 bits per heavy atom. The lowest BCUT2D eigenvalue weighted by Gasteiger charge is -2.28. The maximum absolute atomic E-state index is 12.0. The van der Waals surface area contributed by atoms with E-state index in [0.29, 0.717) is 12.6 Å². The Morgan fingerprint density at radius 3 is 2.79 bits per heavy atom. The SMILES string of the molecule is COCCN1CCCC1CNC(=O)[C@@H](N)C(C)(C)C. The van der Waals surface area contributed by atoms with Crippen LogP contribution in [0.1, 0.15) is 33.6 Å². The summed E-state index contributed by atoms with van der Waals surface area (Å²) in [5.74, 6) is -0.0499. The summed E-state index contributed by atoms with van der Waals surface area (Å²) < 4.78 is 5.11. The van der Waals surface area contributed by atoms with Crippen LogP contribution in [0.15, 0.2) is 0 Å². The predicted molar refractivity (Wildman–Crippen MR) is 76.9 cm³/mol. The lowest BCUT2D eigenvalue weighted by atomic mass is 9.87. The van der Waals surface area contributed by atoms with Crippen molar-refractivity contribution in [2.24, 2.45) is 11.1 Å². The minimum absolute atomic E-state index is 0.0499. The third-order valence-corrected chi connectivity index (χ3v) is 3.81. The van der Waals surface area contributed by atoms with Crippen molar-refractivity contribution < 1.29 is 9.53 Å². The van der Waals surface area contributed by atoms with Crippen LogP contribution in [0.5, 0.6) is 0 Å². The van der Waals surface area contributed by atoms with Crippen LogP contribution in [0, 0.1) is 5.41 Å².